The van der Waals surface area contributed by atoms with Gasteiger partial charge in [-0.25, -0.2) is 0 Å². The third-order valence-electron chi connectivity index (χ3n) is 2.94. The first-order chi connectivity index (χ1) is 9.16. The molecule has 102 valence electrons. The normalized spacial score (nSPS) is 12.8. The fraction of sp³-hybridized carbons (Fsp3) is 0.375. The van der Waals surface area contributed by atoms with Gasteiger partial charge in [-0.05, 0) is 11.5 Å². The molecule has 1 atom stereocenters. The monoisotopic (exact) mass is 275 g/mol. The van der Waals surface area contributed by atoms with Crippen LogP contribution in [0.5, 0.6) is 5.75 Å². The van der Waals surface area contributed by atoms with Crippen LogP contribution in [0.2, 0.25) is 0 Å². The van der Waals surface area contributed by atoms with E-state index in [1.165, 1.54) is 5.39 Å². The molecule has 0 aliphatic carbocycles. The lowest BCUT2D eigenvalue weighted by Crippen LogP contribution is -2.32. The fourth-order valence-corrected chi connectivity index (χ4v) is 2.12. The van der Waals surface area contributed by atoms with Crippen LogP contribution in [0.15, 0.2) is 42.5 Å². The maximum Gasteiger partial charge on any atom is 0.127 e. The van der Waals surface area contributed by atoms with Crippen molar-refractivity contribution < 1.29 is 4.74 Å². The number of ether oxygens (including phenoxy) is 1. The minimum absolute atomic E-state index is 0.196. The Kier molecular flexibility index (Phi) is 5.11. The zero-order valence-electron chi connectivity index (χ0n) is 11.5. The van der Waals surface area contributed by atoms with Crippen LogP contribution in [-0.4, -0.2) is 24.4 Å². The van der Waals surface area contributed by atoms with Gasteiger partial charge in [-0.2, -0.15) is 12.6 Å². The van der Waals surface area contributed by atoms with Crippen molar-refractivity contribution in [1.29, 1.82) is 0 Å². The van der Waals surface area contributed by atoms with Gasteiger partial charge in [0.1, 0.15) is 12.4 Å². The molecule has 0 radical (unpaired) electrons. The molecule has 0 bridgehead atoms. The summed E-state index contributed by atoms with van der Waals surface area (Å²) in [6, 6.07) is 14.9. The molecule has 0 fully saturated rings. The van der Waals surface area contributed by atoms with Crippen LogP contribution in [0.4, 0.5) is 0 Å². The lowest BCUT2D eigenvalue weighted by atomic mass is 10.1. The molecule has 1 N–H and O–H groups in total. The van der Waals surface area contributed by atoms with Gasteiger partial charge in [-0.15, -0.1) is 0 Å². The molecule has 0 aromatic heterocycles. The van der Waals surface area contributed by atoms with Crippen LogP contribution in [0.25, 0.3) is 10.8 Å². The molecule has 0 spiro atoms. The molecule has 0 saturated heterocycles. The van der Waals surface area contributed by atoms with Crippen molar-refractivity contribution in [2.24, 2.45) is 0 Å². The Morgan fingerprint density at radius 2 is 1.84 bits per heavy atom. The number of nitrogens with one attached hydrogen (secondary N) is 1. The Labute approximate surface area is 120 Å². The molecule has 0 saturated carbocycles. The fourth-order valence-electron chi connectivity index (χ4n) is 1.94. The maximum absolute atomic E-state index is 5.90. The van der Waals surface area contributed by atoms with E-state index in [4.69, 9.17) is 4.74 Å². The van der Waals surface area contributed by atoms with Gasteiger partial charge >= 0.3 is 0 Å². The van der Waals surface area contributed by atoms with E-state index in [9.17, 15) is 0 Å². The summed E-state index contributed by atoms with van der Waals surface area (Å²) in [5.41, 5.74) is 0. The zero-order chi connectivity index (χ0) is 13.7. The van der Waals surface area contributed by atoms with Gasteiger partial charge in [0.15, 0.2) is 0 Å². The molecule has 0 aliphatic heterocycles. The first-order valence-corrected chi connectivity index (χ1v) is 7.20. The van der Waals surface area contributed by atoms with Gasteiger partial charge in [0.25, 0.3) is 0 Å². The summed E-state index contributed by atoms with van der Waals surface area (Å²) < 4.78 is 5.90. The van der Waals surface area contributed by atoms with Gasteiger partial charge in [0.2, 0.25) is 0 Å². The second kappa shape index (κ2) is 6.83. The average molecular weight is 275 g/mol. The van der Waals surface area contributed by atoms with Crippen molar-refractivity contribution in [2.75, 3.05) is 13.2 Å². The van der Waals surface area contributed by atoms with E-state index in [0.717, 1.165) is 17.7 Å². The summed E-state index contributed by atoms with van der Waals surface area (Å²) in [5, 5.41) is 5.92. The molecule has 0 aliphatic rings. The Hall–Kier alpha value is -1.19. The van der Waals surface area contributed by atoms with Gasteiger partial charge in [0.05, 0.1) is 0 Å². The van der Waals surface area contributed by atoms with E-state index < -0.39 is 0 Å². The van der Waals surface area contributed by atoms with Crippen LogP contribution in [0, 0.1) is 0 Å². The highest BCUT2D eigenvalue weighted by Gasteiger charge is 2.07. The van der Waals surface area contributed by atoms with E-state index in [1.807, 2.05) is 24.3 Å². The predicted octanol–water partition coefficient (Wildman–Crippen LogP) is 3.52. The van der Waals surface area contributed by atoms with E-state index in [0.29, 0.717) is 12.6 Å². The summed E-state index contributed by atoms with van der Waals surface area (Å²) in [4.78, 5) is 0. The van der Waals surface area contributed by atoms with Crippen LogP contribution >= 0.6 is 12.6 Å². The van der Waals surface area contributed by atoms with Crippen molar-refractivity contribution in [3.8, 4) is 5.75 Å². The summed E-state index contributed by atoms with van der Waals surface area (Å²) in [5.74, 6) is 0.932. The molecule has 3 heteroatoms. The van der Waals surface area contributed by atoms with Crippen molar-refractivity contribution in [3.63, 3.8) is 0 Å². The topological polar surface area (TPSA) is 21.3 Å². The minimum atomic E-state index is 0.196. The molecular weight excluding hydrogens is 254 g/mol. The van der Waals surface area contributed by atoms with Crippen molar-refractivity contribution in [2.45, 2.75) is 25.1 Å². The minimum Gasteiger partial charge on any atom is -0.492 e. The molecule has 2 aromatic carbocycles. The third kappa shape index (κ3) is 4.15. The first-order valence-electron chi connectivity index (χ1n) is 6.69. The predicted molar refractivity (Wildman–Crippen MR) is 85.4 cm³/mol. The van der Waals surface area contributed by atoms with Crippen LogP contribution in [-0.2, 0) is 0 Å². The van der Waals surface area contributed by atoms with Crippen LogP contribution in [0.1, 0.15) is 13.8 Å². The SMILES string of the molecule is CC(C)NC[C@H](S)COc1cccc2ccccc12. The Morgan fingerprint density at radius 3 is 2.63 bits per heavy atom. The Morgan fingerprint density at radius 1 is 1.11 bits per heavy atom. The molecule has 19 heavy (non-hydrogen) atoms. The Bertz CT molecular complexity index is 522. The number of benzene rings is 2. The highest BCUT2D eigenvalue weighted by atomic mass is 32.1. The average Bonchev–Trinajstić information content (AvgIpc) is 2.42. The maximum atomic E-state index is 5.90. The number of rotatable bonds is 6. The first kappa shape index (κ1) is 14.2. The lowest BCUT2D eigenvalue weighted by Gasteiger charge is -2.16. The van der Waals surface area contributed by atoms with Gasteiger partial charge in [0, 0.05) is 23.2 Å². The molecule has 0 unspecified atom stereocenters. The standard InChI is InChI=1S/C16H21NOS/c1-12(2)17-10-14(19)11-18-16-9-5-7-13-6-3-4-8-15(13)16/h3-9,12,14,17,19H,10-11H2,1-2H3/t14-/m0/s1. The van der Waals surface area contributed by atoms with Crippen LogP contribution < -0.4 is 10.1 Å². The summed E-state index contributed by atoms with van der Waals surface area (Å²) in [6.07, 6.45) is 0. The van der Waals surface area contributed by atoms with Crippen molar-refractivity contribution in [3.05, 3.63) is 42.5 Å². The molecule has 2 aromatic rings. The second-order valence-corrected chi connectivity index (χ2v) is 5.74. The van der Waals surface area contributed by atoms with Gasteiger partial charge < -0.3 is 10.1 Å². The second-order valence-electron chi connectivity index (χ2n) is 5.01. The van der Waals surface area contributed by atoms with E-state index in [-0.39, 0.29) is 5.25 Å². The lowest BCUT2D eigenvalue weighted by molar-refractivity contribution is 0.316. The quantitative estimate of drug-likeness (QED) is 0.787. The van der Waals surface area contributed by atoms with E-state index >= 15 is 0 Å². The largest absolute Gasteiger partial charge is 0.492 e. The number of hydrogen-bond acceptors (Lipinski definition) is 3. The van der Waals surface area contributed by atoms with Crippen LogP contribution in [0.3, 0.4) is 0 Å². The zero-order valence-corrected chi connectivity index (χ0v) is 12.4. The summed E-state index contributed by atoms with van der Waals surface area (Å²) in [6.45, 7) is 5.72. The molecular formula is C16H21NOS. The molecule has 2 nitrogen and oxygen atoms in total. The number of hydrogen-bond donors (Lipinski definition) is 2. The molecule has 0 amide bonds. The van der Waals surface area contributed by atoms with Crippen molar-refractivity contribution in [1.82, 2.24) is 5.32 Å². The number of fused-ring (bicyclic) bond motifs is 1. The Balaban J connectivity index is 1.98. The highest BCUT2D eigenvalue weighted by molar-refractivity contribution is 7.81. The molecule has 0 heterocycles. The van der Waals surface area contributed by atoms with Gasteiger partial charge in [-0.3, -0.25) is 0 Å². The van der Waals surface area contributed by atoms with E-state index in [2.05, 4.69) is 50.0 Å². The van der Waals surface area contributed by atoms with Crippen molar-refractivity contribution >= 4 is 23.4 Å². The summed E-state index contributed by atoms with van der Waals surface area (Å²) >= 11 is 4.54. The van der Waals surface area contributed by atoms with Gasteiger partial charge in [-0.1, -0.05) is 50.2 Å². The van der Waals surface area contributed by atoms with E-state index in [1.54, 1.807) is 0 Å². The highest BCUT2D eigenvalue weighted by Crippen LogP contribution is 2.25. The third-order valence-corrected chi connectivity index (χ3v) is 3.27. The summed E-state index contributed by atoms with van der Waals surface area (Å²) in [7, 11) is 0. The number of thiol groups is 1. The molecule has 2 rings (SSSR count). The smallest absolute Gasteiger partial charge is 0.127 e.